The van der Waals surface area contributed by atoms with E-state index in [1.165, 1.54) is 0 Å². The molecule has 0 aromatic carbocycles. The van der Waals surface area contributed by atoms with Crippen LogP contribution in [0.4, 0.5) is 0 Å². The van der Waals surface area contributed by atoms with E-state index in [9.17, 15) is 9.59 Å². The van der Waals surface area contributed by atoms with E-state index in [4.69, 9.17) is 10.2 Å². The number of nitrogens with one attached hydrogen (secondary N) is 1. The summed E-state index contributed by atoms with van der Waals surface area (Å²) in [6.45, 7) is -0.678. The highest BCUT2D eigenvalue weighted by atomic mass is 16.4. The molecule has 1 atom stereocenters. The molecular weight excluding hydrogens is 150 g/mol. The van der Waals surface area contributed by atoms with Crippen molar-refractivity contribution in [1.82, 2.24) is 5.32 Å². The Labute approximate surface area is 63.0 Å². The minimum absolute atomic E-state index is 0.678. The molecule has 0 aliphatic heterocycles. The summed E-state index contributed by atoms with van der Waals surface area (Å²) < 4.78 is 0. The fourth-order valence-electron chi connectivity index (χ4n) is 0.385. The molecule has 3 N–H and O–H groups in total. The van der Waals surface area contributed by atoms with Gasteiger partial charge in [0.1, 0.15) is 0 Å². The Morgan fingerprint density at radius 3 is 2.45 bits per heavy atom. The minimum atomic E-state index is -1.32. The van der Waals surface area contributed by atoms with Gasteiger partial charge in [-0.2, -0.15) is 0 Å². The summed E-state index contributed by atoms with van der Waals surface area (Å²) in [5.74, 6) is -0.518. The van der Waals surface area contributed by atoms with Gasteiger partial charge in [0.25, 0.3) is 5.91 Å². The molecule has 0 fully saturated rings. The first-order chi connectivity index (χ1) is 5.11. The van der Waals surface area contributed by atoms with Gasteiger partial charge in [0.2, 0.25) is 0 Å². The predicted molar refractivity (Wildman–Crippen MR) is 35.5 cm³/mol. The summed E-state index contributed by atoms with van der Waals surface area (Å²) in [6.07, 6.45) is 4.64. The number of hydrogen-bond acceptors (Lipinski definition) is 3. The van der Waals surface area contributed by atoms with Crippen LogP contribution in [0.15, 0.2) is 0 Å². The van der Waals surface area contributed by atoms with Crippen LogP contribution in [0.2, 0.25) is 0 Å². The van der Waals surface area contributed by atoms with Crippen molar-refractivity contribution < 1.29 is 19.8 Å². The molecule has 0 unspecified atom stereocenters. The zero-order valence-corrected chi connectivity index (χ0v) is 5.57. The quantitative estimate of drug-likeness (QED) is 0.421. The molecule has 1 amide bonds. The molecule has 0 aromatic heterocycles. The van der Waals surface area contributed by atoms with Gasteiger partial charge in [-0.25, -0.2) is 4.79 Å². The van der Waals surface area contributed by atoms with Crippen LogP contribution in [-0.2, 0) is 9.59 Å². The summed E-state index contributed by atoms with van der Waals surface area (Å²) in [7, 11) is 0. The van der Waals surface area contributed by atoms with E-state index in [0.717, 1.165) is 0 Å². The number of aliphatic carboxylic acids is 1. The molecule has 0 heterocycles. The van der Waals surface area contributed by atoms with Crippen molar-refractivity contribution in [2.24, 2.45) is 0 Å². The molecule has 60 valence electrons. The zero-order valence-electron chi connectivity index (χ0n) is 5.57. The Balaban J connectivity index is 4.01. The summed E-state index contributed by atoms with van der Waals surface area (Å²) >= 11 is 0. The highest BCUT2D eigenvalue weighted by molar-refractivity contribution is 5.95. The molecule has 0 spiro atoms. The Bertz CT molecular complexity index is 205. The largest absolute Gasteiger partial charge is 0.480 e. The van der Waals surface area contributed by atoms with Crippen LogP contribution in [-0.4, -0.2) is 34.7 Å². The molecule has 5 nitrogen and oxygen atoms in total. The standard InChI is InChI=1S/C6H7NO4/c1-2-5(9)7-4(3-8)6(10)11/h1,4,8H,3H2,(H,7,9)(H,10,11)/t4-/m1/s1. The molecule has 11 heavy (non-hydrogen) atoms. The van der Waals surface area contributed by atoms with E-state index < -0.39 is 24.5 Å². The van der Waals surface area contributed by atoms with Gasteiger partial charge in [0.15, 0.2) is 6.04 Å². The Hall–Kier alpha value is -1.54. The number of carboxylic acids is 1. The molecule has 0 aromatic rings. The second-order valence-electron chi connectivity index (χ2n) is 1.69. The van der Waals surface area contributed by atoms with E-state index in [-0.39, 0.29) is 0 Å². The third kappa shape index (κ3) is 3.23. The van der Waals surface area contributed by atoms with E-state index in [1.807, 2.05) is 5.32 Å². The maximum absolute atomic E-state index is 10.4. The van der Waals surface area contributed by atoms with E-state index in [0.29, 0.717) is 0 Å². The molecule has 0 aliphatic rings. The van der Waals surface area contributed by atoms with Crippen molar-refractivity contribution in [2.75, 3.05) is 6.61 Å². The van der Waals surface area contributed by atoms with Crippen LogP contribution < -0.4 is 5.32 Å². The van der Waals surface area contributed by atoms with Gasteiger partial charge in [-0.3, -0.25) is 4.79 Å². The monoisotopic (exact) mass is 157 g/mol. The molecule has 0 radical (unpaired) electrons. The number of hydrogen-bond donors (Lipinski definition) is 3. The van der Waals surface area contributed by atoms with Crippen molar-refractivity contribution in [3.8, 4) is 12.3 Å². The fourth-order valence-corrected chi connectivity index (χ4v) is 0.385. The van der Waals surface area contributed by atoms with E-state index in [2.05, 4.69) is 6.42 Å². The summed E-state index contributed by atoms with van der Waals surface area (Å²) in [5.41, 5.74) is 0. The lowest BCUT2D eigenvalue weighted by molar-refractivity contribution is -0.142. The lowest BCUT2D eigenvalue weighted by atomic mass is 10.3. The van der Waals surface area contributed by atoms with Gasteiger partial charge >= 0.3 is 5.97 Å². The highest BCUT2D eigenvalue weighted by Crippen LogP contribution is 1.80. The number of rotatable bonds is 3. The maximum Gasteiger partial charge on any atom is 0.328 e. The SMILES string of the molecule is C#CC(=O)N[C@H](CO)C(=O)O. The summed E-state index contributed by atoms with van der Waals surface area (Å²) in [4.78, 5) is 20.5. The first-order valence-corrected chi connectivity index (χ1v) is 2.72. The minimum Gasteiger partial charge on any atom is -0.480 e. The molecule has 0 saturated carbocycles. The highest BCUT2D eigenvalue weighted by Gasteiger charge is 2.16. The lowest BCUT2D eigenvalue weighted by Gasteiger charge is -2.07. The van der Waals surface area contributed by atoms with Gasteiger partial charge in [-0.1, -0.05) is 0 Å². The van der Waals surface area contributed by atoms with Crippen molar-refractivity contribution in [3.05, 3.63) is 0 Å². The summed E-state index contributed by atoms with van der Waals surface area (Å²) in [5, 5.41) is 18.5. The Morgan fingerprint density at radius 1 is 1.64 bits per heavy atom. The third-order valence-electron chi connectivity index (χ3n) is 0.917. The van der Waals surface area contributed by atoms with Gasteiger partial charge in [0, 0.05) is 0 Å². The normalized spacial score (nSPS) is 11.3. The van der Waals surface area contributed by atoms with Crippen LogP contribution in [0, 0.1) is 12.3 Å². The van der Waals surface area contributed by atoms with Crippen molar-refractivity contribution in [2.45, 2.75) is 6.04 Å². The fraction of sp³-hybridized carbons (Fsp3) is 0.333. The average molecular weight is 157 g/mol. The molecule has 0 saturated heterocycles. The van der Waals surface area contributed by atoms with Crippen LogP contribution in [0.1, 0.15) is 0 Å². The van der Waals surface area contributed by atoms with Gasteiger partial charge in [0.05, 0.1) is 6.61 Å². The van der Waals surface area contributed by atoms with Gasteiger partial charge < -0.3 is 15.5 Å². The van der Waals surface area contributed by atoms with Crippen LogP contribution >= 0.6 is 0 Å². The number of carboxylic acid groups (broad SMARTS) is 1. The van der Waals surface area contributed by atoms with Gasteiger partial charge in [-0.15, -0.1) is 6.42 Å². The first kappa shape index (κ1) is 9.46. The van der Waals surface area contributed by atoms with Crippen LogP contribution in [0.25, 0.3) is 0 Å². The second-order valence-corrected chi connectivity index (χ2v) is 1.69. The van der Waals surface area contributed by atoms with Crippen LogP contribution in [0.3, 0.4) is 0 Å². The molecule has 0 aliphatic carbocycles. The number of amides is 1. The van der Waals surface area contributed by atoms with Crippen molar-refractivity contribution in [3.63, 3.8) is 0 Å². The van der Waals surface area contributed by atoms with Crippen molar-refractivity contribution >= 4 is 11.9 Å². The molecule has 0 rings (SSSR count). The maximum atomic E-state index is 10.4. The number of carbonyl (C=O) groups excluding carboxylic acids is 1. The number of aliphatic hydroxyl groups is 1. The smallest absolute Gasteiger partial charge is 0.328 e. The van der Waals surface area contributed by atoms with Crippen molar-refractivity contribution in [1.29, 1.82) is 0 Å². The van der Waals surface area contributed by atoms with E-state index >= 15 is 0 Å². The molecule has 0 bridgehead atoms. The van der Waals surface area contributed by atoms with Gasteiger partial charge in [-0.05, 0) is 5.92 Å². The Morgan fingerprint density at radius 2 is 2.18 bits per heavy atom. The predicted octanol–water partition coefficient (Wildman–Crippen LogP) is -1.82. The average Bonchev–Trinajstić information content (AvgIpc) is 1.99. The molecular formula is C6H7NO4. The number of aliphatic hydroxyl groups excluding tert-OH is 1. The summed E-state index contributed by atoms with van der Waals surface area (Å²) in [6, 6.07) is -1.32. The zero-order chi connectivity index (χ0) is 8.85. The third-order valence-corrected chi connectivity index (χ3v) is 0.917. The molecule has 5 heteroatoms. The number of carbonyl (C=O) groups is 2. The first-order valence-electron chi connectivity index (χ1n) is 2.72. The number of terminal acetylenes is 1. The van der Waals surface area contributed by atoms with E-state index in [1.54, 1.807) is 5.92 Å². The topological polar surface area (TPSA) is 86.6 Å². The van der Waals surface area contributed by atoms with Crippen LogP contribution in [0.5, 0.6) is 0 Å². The second kappa shape index (κ2) is 4.30. The Kier molecular flexibility index (Phi) is 3.70. The lowest BCUT2D eigenvalue weighted by Crippen LogP contribution is -2.42.